The van der Waals surface area contributed by atoms with Crippen LogP contribution in [0.5, 0.6) is 0 Å². The number of likely N-dealkylation sites (N-methyl/N-ethyl adjacent to an activating group) is 1. The summed E-state index contributed by atoms with van der Waals surface area (Å²) in [5.74, 6) is 1.71. The fourth-order valence-electron chi connectivity index (χ4n) is 2.23. The summed E-state index contributed by atoms with van der Waals surface area (Å²) >= 11 is 0. The lowest BCUT2D eigenvalue weighted by atomic mass is 10.0. The van der Waals surface area contributed by atoms with E-state index in [1.165, 1.54) is 11.9 Å². The quantitative estimate of drug-likeness (QED) is 0.788. The Hall–Kier alpha value is -2.18. The molecule has 1 aromatic rings. The molecule has 1 unspecified atom stereocenters. The molecule has 7 nitrogen and oxygen atoms in total. The van der Waals surface area contributed by atoms with Gasteiger partial charge in [0.05, 0.1) is 0 Å². The maximum atomic E-state index is 12.1. The number of aryl methyl sites for hydroxylation is 1. The Morgan fingerprint density at radius 2 is 2.00 bits per heavy atom. The van der Waals surface area contributed by atoms with Crippen molar-refractivity contribution in [3.05, 3.63) is 11.9 Å². The number of aromatic nitrogens is 2. The summed E-state index contributed by atoms with van der Waals surface area (Å²) in [5.41, 5.74) is 0. The van der Waals surface area contributed by atoms with Crippen LogP contribution < -0.4 is 10.6 Å². The van der Waals surface area contributed by atoms with E-state index < -0.39 is 6.04 Å². The first-order chi connectivity index (χ1) is 10.0. The second-order valence-corrected chi connectivity index (χ2v) is 4.97. The molecule has 2 rings (SSSR count). The van der Waals surface area contributed by atoms with Gasteiger partial charge in [-0.2, -0.15) is 0 Å². The van der Waals surface area contributed by atoms with Gasteiger partial charge < -0.3 is 10.6 Å². The topological polar surface area (TPSA) is 87.2 Å². The Morgan fingerprint density at radius 1 is 1.29 bits per heavy atom. The molecule has 0 spiro atoms. The number of amides is 2. The van der Waals surface area contributed by atoms with E-state index >= 15 is 0 Å². The zero-order valence-electron chi connectivity index (χ0n) is 12.6. The van der Waals surface area contributed by atoms with Gasteiger partial charge in [-0.15, -0.1) is 0 Å². The predicted molar refractivity (Wildman–Crippen MR) is 80.0 cm³/mol. The summed E-state index contributed by atoms with van der Waals surface area (Å²) in [6.07, 6.45) is 1.57. The van der Waals surface area contributed by atoms with Crippen molar-refractivity contribution in [1.82, 2.24) is 14.9 Å². The molecule has 1 atom stereocenters. The van der Waals surface area contributed by atoms with Crippen LogP contribution in [0.3, 0.4) is 0 Å². The fraction of sp³-hybridized carbons (Fsp3) is 0.571. The van der Waals surface area contributed by atoms with Crippen molar-refractivity contribution in [3.8, 4) is 0 Å². The second kappa shape index (κ2) is 6.51. The van der Waals surface area contributed by atoms with E-state index in [0.29, 0.717) is 30.9 Å². The molecule has 1 aliphatic rings. The van der Waals surface area contributed by atoms with E-state index in [2.05, 4.69) is 20.6 Å². The normalized spacial score (nSPS) is 18.8. The molecular formula is C14H21N5O2. The summed E-state index contributed by atoms with van der Waals surface area (Å²) < 4.78 is 0. The van der Waals surface area contributed by atoms with Gasteiger partial charge in [-0.3, -0.25) is 14.5 Å². The number of carbonyl (C=O) groups is 2. The number of piperidine rings is 1. The Morgan fingerprint density at radius 3 is 2.67 bits per heavy atom. The molecule has 0 saturated carbocycles. The third kappa shape index (κ3) is 3.48. The highest BCUT2D eigenvalue weighted by Crippen LogP contribution is 2.18. The Balaban J connectivity index is 2.16. The van der Waals surface area contributed by atoms with Crippen molar-refractivity contribution in [1.29, 1.82) is 0 Å². The number of nitrogens with zero attached hydrogens (tertiary/aromatic N) is 3. The first-order valence-electron chi connectivity index (χ1n) is 7.23. The van der Waals surface area contributed by atoms with Gasteiger partial charge in [0.25, 0.3) is 5.91 Å². The van der Waals surface area contributed by atoms with Gasteiger partial charge in [0.2, 0.25) is 5.91 Å². The third-order valence-electron chi connectivity index (χ3n) is 3.42. The summed E-state index contributed by atoms with van der Waals surface area (Å²) in [4.78, 5) is 33.5. The minimum absolute atomic E-state index is 0.136. The molecule has 2 amide bonds. The molecule has 21 heavy (non-hydrogen) atoms. The first-order valence-corrected chi connectivity index (χ1v) is 7.23. The highest BCUT2D eigenvalue weighted by atomic mass is 16.2. The minimum Gasteiger partial charge on any atom is -0.370 e. The monoisotopic (exact) mass is 291 g/mol. The molecule has 7 heteroatoms. The molecule has 1 aromatic heterocycles. The SMILES string of the molecule is CCNc1cc(NC2CCC(=O)N(C)C2=O)nc(CC)n1. The zero-order chi connectivity index (χ0) is 15.4. The summed E-state index contributed by atoms with van der Waals surface area (Å²) in [5, 5.41) is 6.27. The van der Waals surface area contributed by atoms with Crippen LogP contribution in [0.15, 0.2) is 6.07 Å². The second-order valence-electron chi connectivity index (χ2n) is 4.97. The summed E-state index contributed by atoms with van der Waals surface area (Å²) in [6, 6.07) is 1.37. The number of rotatable bonds is 5. The van der Waals surface area contributed by atoms with Crippen molar-refractivity contribution in [2.75, 3.05) is 24.2 Å². The van der Waals surface area contributed by atoms with Crippen molar-refractivity contribution in [2.24, 2.45) is 0 Å². The molecule has 114 valence electrons. The molecule has 0 aromatic carbocycles. The van der Waals surface area contributed by atoms with E-state index in [1.807, 2.05) is 13.8 Å². The maximum absolute atomic E-state index is 12.1. The summed E-state index contributed by atoms with van der Waals surface area (Å²) in [6.45, 7) is 4.73. The number of imide groups is 1. The molecule has 1 aliphatic heterocycles. The van der Waals surface area contributed by atoms with E-state index in [9.17, 15) is 9.59 Å². The maximum Gasteiger partial charge on any atom is 0.251 e. The van der Waals surface area contributed by atoms with Crippen molar-refractivity contribution in [3.63, 3.8) is 0 Å². The van der Waals surface area contributed by atoms with E-state index in [1.54, 1.807) is 6.07 Å². The van der Waals surface area contributed by atoms with Gasteiger partial charge in [-0.25, -0.2) is 9.97 Å². The van der Waals surface area contributed by atoms with Gasteiger partial charge in [0, 0.05) is 32.5 Å². The number of hydrogen-bond donors (Lipinski definition) is 2. The smallest absolute Gasteiger partial charge is 0.251 e. The van der Waals surface area contributed by atoms with Gasteiger partial charge in [0.15, 0.2) is 0 Å². The standard InChI is InChI=1S/C14H21N5O2/c1-4-10-17-11(15-5-2)8-12(18-10)16-9-6-7-13(20)19(3)14(9)21/h8-9H,4-7H2,1-3H3,(H2,15,16,17,18). The van der Waals surface area contributed by atoms with Crippen LogP contribution in [0.25, 0.3) is 0 Å². The van der Waals surface area contributed by atoms with E-state index in [-0.39, 0.29) is 11.8 Å². The molecule has 1 fully saturated rings. The van der Waals surface area contributed by atoms with Crippen molar-refractivity contribution in [2.45, 2.75) is 39.2 Å². The van der Waals surface area contributed by atoms with Gasteiger partial charge in [-0.05, 0) is 13.3 Å². The van der Waals surface area contributed by atoms with Crippen LogP contribution in [0, 0.1) is 0 Å². The summed E-state index contributed by atoms with van der Waals surface area (Å²) in [7, 11) is 1.51. The van der Waals surface area contributed by atoms with Gasteiger partial charge in [0.1, 0.15) is 23.5 Å². The lowest BCUT2D eigenvalue weighted by molar-refractivity contribution is -0.146. The highest BCUT2D eigenvalue weighted by molar-refractivity contribution is 6.01. The third-order valence-corrected chi connectivity index (χ3v) is 3.42. The molecule has 2 N–H and O–H groups in total. The average molecular weight is 291 g/mol. The predicted octanol–water partition coefficient (Wildman–Crippen LogP) is 1.03. The molecular weight excluding hydrogens is 270 g/mol. The lowest BCUT2D eigenvalue weighted by Crippen LogP contribution is -2.48. The minimum atomic E-state index is -0.415. The molecule has 2 heterocycles. The fourth-order valence-corrected chi connectivity index (χ4v) is 2.23. The average Bonchev–Trinajstić information content (AvgIpc) is 2.48. The largest absolute Gasteiger partial charge is 0.370 e. The van der Waals surface area contributed by atoms with Crippen LogP contribution in [-0.4, -0.2) is 46.3 Å². The van der Waals surface area contributed by atoms with Crippen molar-refractivity contribution >= 4 is 23.5 Å². The highest BCUT2D eigenvalue weighted by Gasteiger charge is 2.31. The Labute approximate surface area is 124 Å². The van der Waals surface area contributed by atoms with Gasteiger partial charge in [-0.1, -0.05) is 6.92 Å². The van der Waals surface area contributed by atoms with Crippen LogP contribution in [0.1, 0.15) is 32.5 Å². The molecule has 0 aliphatic carbocycles. The van der Waals surface area contributed by atoms with Gasteiger partial charge >= 0.3 is 0 Å². The first kappa shape index (κ1) is 15.2. The number of hydrogen-bond acceptors (Lipinski definition) is 6. The number of carbonyl (C=O) groups excluding carboxylic acids is 2. The number of nitrogens with one attached hydrogen (secondary N) is 2. The Bertz CT molecular complexity index is 546. The van der Waals surface area contributed by atoms with E-state index in [0.717, 1.165) is 12.4 Å². The zero-order valence-corrected chi connectivity index (χ0v) is 12.6. The molecule has 0 radical (unpaired) electrons. The number of anilines is 2. The van der Waals surface area contributed by atoms with Crippen molar-refractivity contribution < 1.29 is 9.59 Å². The van der Waals surface area contributed by atoms with Crippen LogP contribution in [-0.2, 0) is 16.0 Å². The van der Waals surface area contributed by atoms with E-state index in [4.69, 9.17) is 0 Å². The molecule has 1 saturated heterocycles. The van der Waals surface area contributed by atoms with Crippen LogP contribution >= 0.6 is 0 Å². The molecule has 0 bridgehead atoms. The Kier molecular flexibility index (Phi) is 4.72. The number of likely N-dealkylation sites (tertiary alicyclic amines) is 1. The van der Waals surface area contributed by atoms with Crippen LogP contribution in [0.2, 0.25) is 0 Å². The van der Waals surface area contributed by atoms with Crippen LogP contribution in [0.4, 0.5) is 11.6 Å². The lowest BCUT2D eigenvalue weighted by Gasteiger charge is -2.28.